The lowest BCUT2D eigenvalue weighted by atomic mass is 9.83. The van der Waals surface area contributed by atoms with Gasteiger partial charge in [-0.15, -0.1) is 11.3 Å². The minimum absolute atomic E-state index is 0.127. The van der Waals surface area contributed by atoms with E-state index in [9.17, 15) is 9.59 Å². The Labute approximate surface area is 173 Å². The van der Waals surface area contributed by atoms with Gasteiger partial charge in [0.1, 0.15) is 5.01 Å². The summed E-state index contributed by atoms with van der Waals surface area (Å²) >= 11 is 3.21. The number of rotatable bonds is 6. The lowest BCUT2D eigenvalue weighted by molar-refractivity contribution is -0.131. The number of pyridine rings is 1. The molecule has 2 aliphatic rings. The van der Waals surface area contributed by atoms with Crippen molar-refractivity contribution < 1.29 is 4.79 Å². The quantitative estimate of drug-likeness (QED) is 0.720. The van der Waals surface area contributed by atoms with Crippen molar-refractivity contribution in [2.75, 3.05) is 32.1 Å². The molecule has 4 rings (SSSR count). The first-order valence-corrected chi connectivity index (χ1v) is 11.9. The normalized spacial score (nSPS) is 21.0. The topological polar surface area (TPSA) is 58.4 Å². The van der Waals surface area contributed by atoms with Crippen molar-refractivity contribution in [2.45, 2.75) is 32.0 Å². The van der Waals surface area contributed by atoms with Crippen LogP contribution in [0, 0.1) is 5.92 Å². The maximum Gasteiger partial charge on any atom is 0.255 e. The van der Waals surface area contributed by atoms with Crippen LogP contribution in [0.15, 0.2) is 28.5 Å². The highest BCUT2D eigenvalue weighted by molar-refractivity contribution is 7.99. The predicted octanol–water partition coefficient (Wildman–Crippen LogP) is 2.25. The van der Waals surface area contributed by atoms with Crippen molar-refractivity contribution >= 4 is 29.0 Å². The molecule has 1 amide bonds. The average molecular weight is 419 g/mol. The molecule has 2 aromatic heterocycles. The van der Waals surface area contributed by atoms with Crippen molar-refractivity contribution in [3.63, 3.8) is 0 Å². The summed E-state index contributed by atoms with van der Waals surface area (Å²) in [6.45, 7) is 3.59. The van der Waals surface area contributed by atoms with E-state index in [0.29, 0.717) is 18.2 Å². The van der Waals surface area contributed by atoms with Crippen LogP contribution in [0.25, 0.3) is 0 Å². The highest BCUT2D eigenvalue weighted by Crippen LogP contribution is 2.35. The average Bonchev–Trinajstić information content (AvgIpc) is 3.17. The lowest BCUT2D eigenvalue weighted by Gasteiger charge is -2.43. The van der Waals surface area contributed by atoms with E-state index < -0.39 is 0 Å². The molecule has 2 aromatic rings. The Kier molecular flexibility index (Phi) is 5.89. The van der Waals surface area contributed by atoms with Crippen LogP contribution in [0.2, 0.25) is 0 Å². The van der Waals surface area contributed by atoms with Gasteiger partial charge in [0.2, 0.25) is 5.91 Å². The number of carbonyl (C=O) groups is 1. The van der Waals surface area contributed by atoms with E-state index in [1.165, 1.54) is 0 Å². The molecule has 0 N–H and O–H groups in total. The van der Waals surface area contributed by atoms with Gasteiger partial charge < -0.3 is 9.47 Å². The summed E-state index contributed by atoms with van der Waals surface area (Å²) < 4.78 is 1.97. The molecule has 6 nitrogen and oxygen atoms in total. The van der Waals surface area contributed by atoms with Crippen LogP contribution in [0.1, 0.15) is 28.6 Å². The first kappa shape index (κ1) is 19.7. The molecule has 0 unspecified atom stereocenters. The zero-order chi connectivity index (χ0) is 19.7. The maximum atomic E-state index is 13.1. The second-order valence-electron chi connectivity index (χ2n) is 7.83. The number of aromatic nitrogens is 2. The summed E-state index contributed by atoms with van der Waals surface area (Å²) in [7, 11) is 2.02. The summed E-state index contributed by atoms with van der Waals surface area (Å²) in [5.74, 6) is 1.40. The van der Waals surface area contributed by atoms with Crippen LogP contribution >= 0.6 is 23.1 Å². The van der Waals surface area contributed by atoms with E-state index in [0.717, 1.165) is 48.9 Å². The van der Waals surface area contributed by atoms with Crippen LogP contribution in [-0.2, 0) is 24.4 Å². The zero-order valence-corrected chi connectivity index (χ0v) is 18.0. The van der Waals surface area contributed by atoms with Crippen LogP contribution in [0.3, 0.4) is 0 Å². The fourth-order valence-corrected chi connectivity index (χ4v) is 5.56. The summed E-state index contributed by atoms with van der Waals surface area (Å²) in [5.41, 5.74) is 2.05. The smallest absolute Gasteiger partial charge is 0.255 e. The first-order chi connectivity index (χ1) is 13.5. The van der Waals surface area contributed by atoms with E-state index >= 15 is 0 Å². The molecule has 150 valence electrons. The van der Waals surface area contributed by atoms with E-state index in [1.54, 1.807) is 23.1 Å². The Morgan fingerprint density at radius 2 is 2.18 bits per heavy atom. The van der Waals surface area contributed by atoms with E-state index in [4.69, 9.17) is 0 Å². The molecule has 28 heavy (non-hydrogen) atoms. The summed E-state index contributed by atoms with van der Waals surface area (Å²) in [6, 6.07) is 4.09. The first-order valence-electron chi connectivity index (χ1n) is 9.61. The zero-order valence-electron chi connectivity index (χ0n) is 16.3. The van der Waals surface area contributed by atoms with Gasteiger partial charge in [-0.25, -0.2) is 4.98 Å². The standard InChI is InChI=1S/C20H26N4O2S2/c1-22(12-18-21-5-6-28-18)10-15-3-4-17-16-7-14(9-24(17)20(15)26)8-23(11-16)19(25)13-27-2/h3-6,14,16H,7-13H2,1-2H3/t14-,16+/m0/s1. The van der Waals surface area contributed by atoms with Crippen molar-refractivity contribution in [3.8, 4) is 0 Å². The van der Waals surface area contributed by atoms with Crippen molar-refractivity contribution in [1.82, 2.24) is 19.4 Å². The number of thioether (sulfide) groups is 1. The van der Waals surface area contributed by atoms with Gasteiger partial charge in [0.25, 0.3) is 5.56 Å². The van der Waals surface area contributed by atoms with E-state index in [1.807, 2.05) is 40.4 Å². The molecule has 0 spiro atoms. The fraction of sp³-hybridized carbons (Fsp3) is 0.550. The van der Waals surface area contributed by atoms with Gasteiger partial charge in [0.05, 0.1) is 12.3 Å². The molecule has 1 saturated heterocycles. The third-order valence-corrected chi connectivity index (χ3v) is 6.93. The van der Waals surface area contributed by atoms with Crippen molar-refractivity contribution in [3.05, 3.63) is 50.3 Å². The Morgan fingerprint density at radius 1 is 1.32 bits per heavy atom. The molecule has 0 radical (unpaired) electrons. The number of likely N-dealkylation sites (tertiary alicyclic amines) is 1. The number of carbonyl (C=O) groups excluding carboxylic acids is 1. The van der Waals surface area contributed by atoms with E-state index in [2.05, 4.69) is 16.0 Å². The van der Waals surface area contributed by atoms with Crippen LogP contribution in [0.5, 0.6) is 0 Å². The summed E-state index contributed by atoms with van der Waals surface area (Å²) in [6.07, 6.45) is 4.85. The molecule has 4 heterocycles. The number of thiazole rings is 1. The number of hydrogen-bond donors (Lipinski definition) is 0. The fourth-order valence-electron chi connectivity index (χ4n) is 4.44. The van der Waals surface area contributed by atoms with Crippen molar-refractivity contribution in [1.29, 1.82) is 0 Å². The molecule has 2 aliphatic heterocycles. The van der Waals surface area contributed by atoms with Gasteiger partial charge in [-0.3, -0.25) is 14.5 Å². The summed E-state index contributed by atoms with van der Waals surface area (Å²) in [5, 5.41) is 3.04. The molecule has 2 atom stereocenters. The lowest BCUT2D eigenvalue weighted by Crippen LogP contribution is -2.50. The molecule has 1 fully saturated rings. The third kappa shape index (κ3) is 4.04. The van der Waals surface area contributed by atoms with Gasteiger partial charge in [0, 0.05) is 54.9 Å². The number of nitrogens with zero attached hydrogens (tertiary/aromatic N) is 4. The predicted molar refractivity (Wildman–Crippen MR) is 114 cm³/mol. The Bertz CT molecular complexity index is 896. The molecule has 8 heteroatoms. The largest absolute Gasteiger partial charge is 0.341 e. The Morgan fingerprint density at radius 3 is 2.93 bits per heavy atom. The molecule has 0 aliphatic carbocycles. The highest BCUT2D eigenvalue weighted by Gasteiger charge is 2.36. The Balaban J connectivity index is 1.51. The van der Waals surface area contributed by atoms with Crippen molar-refractivity contribution in [2.24, 2.45) is 5.92 Å². The monoisotopic (exact) mass is 418 g/mol. The molecular formula is C20H26N4O2S2. The van der Waals surface area contributed by atoms with Gasteiger partial charge >= 0.3 is 0 Å². The Hall–Kier alpha value is -1.64. The van der Waals surface area contributed by atoms with Crippen LogP contribution in [-0.4, -0.2) is 57.4 Å². The van der Waals surface area contributed by atoms with Gasteiger partial charge in [0.15, 0.2) is 0 Å². The maximum absolute atomic E-state index is 13.1. The second-order valence-corrected chi connectivity index (χ2v) is 9.67. The van der Waals surface area contributed by atoms with Crippen LogP contribution in [0.4, 0.5) is 0 Å². The van der Waals surface area contributed by atoms with Crippen LogP contribution < -0.4 is 5.56 Å². The summed E-state index contributed by atoms with van der Waals surface area (Å²) in [4.78, 5) is 33.9. The number of hydrogen-bond acceptors (Lipinski definition) is 6. The number of piperidine rings is 1. The minimum Gasteiger partial charge on any atom is -0.341 e. The molecule has 0 aromatic carbocycles. The second kappa shape index (κ2) is 8.39. The number of fused-ring (bicyclic) bond motifs is 4. The highest BCUT2D eigenvalue weighted by atomic mass is 32.2. The van der Waals surface area contributed by atoms with Gasteiger partial charge in [-0.05, 0) is 31.7 Å². The SMILES string of the molecule is CSCC(=O)N1C[C@@H]2C[C@H](C1)c1ccc(CN(C)Cc3nccs3)c(=O)n1C2. The third-order valence-electron chi connectivity index (χ3n) is 5.63. The minimum atomic E-state index is 0.127. The number of amides is 1. The van der Waals surface area contributed by atoms with Gasteiger partial charge in [-0.1, -0.05) is 6.07 Å². The molecule has 0 saturated carbocycles. The van der Waals surface area contributed by atoms with E-state index in [-0.39, 0.29) is 17.4 Å². The molecule has 2 bridgehead atoms. The molecular weight excluding hydrogens is 392 g/mol. The van der Waals surface area contributed by atoms with Gasteiger partial charge in [-0.2, -0.15) is 11.8 Å².